The third-order valence-electron chi connectivity index (χ3n) is 7.14. The Balaban J connectivity index is 1.31. The topological polar surface area (TPSA) is 29.1 Å². The Bertz CT molecular complexity index is 400. The van der Waals surface area contributed by atoms with Crippen molar-refractivity contribution in [3.8, 4) is 0 Å². The predicted octanol–water partition coefficient (Wildman–Crippen LogP) is 4.24. The van der Waals surface area contributed by atoms with Crippen molar-refractivity contribution in [1.82, 2.24) is 5.32 Å². The van der Waals surface area contributed by atoms with Crippen LogP contribution in [0, 0.1) is 29.1 Å². The molecule has 0 aliphatic heterocycles. The van der Waals surface area contributed by atoms with E-state index < -0.39 is 6.17 Å². The number of hydrogen-bond acceptors (Lipinski definition) is 1. The van der Waals surface area contributed by atoms with Crippen molar-refractivity contribution in [2.75, 3.05) is 6.54 Å². The second kappa shape index (κ2) is 5.79. The highest BCUT2D eigenvalue weighted by Crippen LogP contribution is 2.60. The van der Waals surface area contributed by atoms with E-state index in [0.717, 1.165) is 69.1 Å². The molecular formula is C19H30FNO. The molecule has 4 bridgehead atoms. The van der Waals surface area contributed by atoms with Gasteiger partial charge in [0.25, 0.3) is 0 Å². The molecule has 0 spiro atoms. The Morgan fingerprint density at radius 2 is 1.59 bits per heavy atom. The van der Waals surface area contributed by atoms with Gasteiger partial charge in [-0.25, -0.2) is 4.39 Å². The molecule has 1 N–H and O–H groups in total. The van der Waals surface area contributed by atoms with Gasteiger partial charge in [0.1, 0.15) is 6.17 Å². The molecule has 0 radical (unpaired) electrons. The first-order valence-electron chi connectivity index (χ1n) is 9.57. The number of halogens is 1. The number of rotatable bonds is 4. The standard InChI is InChI=1S/C19H30FNO/c20-17-4-2-1-3-16(17)5-6-21-18(22)19-10-13-7-14(11-19)9-15(8-13)12-19/h13-17H,1-12H2,(H,21,22). The molecular weight excluding hydrogens is 277 g/mol. The lowest BCUT2D eigenvalue weighted by atomic mass is 9.49. The average molecular weight is 307 g/mol. The normalized spacial score (nSPS) is 46.7. The van der Waals surface area contributed by atoms with Gasteiger partial charge in [0.05, 0.1) is 0 Å². The van der Waals surface area contributed by atoms with Gasteiger partial charge < -0.3 is 5.32 Å². The zero-order valence-electron chi connectivity index (χ0n) is 13.7. The van der Waals surface area contributed by atoms with Crippen LogP contribution in [-0.4, -0.2) is 18.6 Å². The van der Waals surface area contributed by atoms with Gasteiger partial charge in [-0.2, -0.15) is 0 Å². The van der Waals surface area contributed by atoms with Crippen LogP contribution in [0.3, 0.4) is 0 Å². The second-order valence-corrected chi connectivity index (χ2v) is 8.80. The van der Waals surface area contributed by atoms with E-state index in [2.05, 4.69) is 5.32 Å². The van der Waals surface area contributed by atoms with Crippen LogP contribution < -0.4 is 5.32 Å². The molecule has 5 rings (SSSR count). The molecule has 2 nitrogen and oxygen atoms in total. The van der Waals surface area contributed by atoms with Crippen molar-refractivity contribution < 1.29 is 9.18 Å². The molecule has 22 heavy (non-hydrogen) atoms. The summed E-state index contributed by atoms with van der Waals surface area (Å²) in [7, 11) is 0. The lowest BCUT2D eigenvalue weighted by molar-refractivity contribution is -0.146. The van der Waals surface area contributed by atoms with Crippen molar-refractivity contribution in [2.24, 2.45) is 29.1 Å². The number of carbonyl (C=O) groups excluding carboxylic acids is 1. The number of amides is 1. The molecule has 5 aliphatic carbocycles. The summed E-state index contributed by atoms with van der Waals surface area (Å²) in [5.41, 5.74) is -0.0452. The van der Waals surface area contributed by atoms with Gasteiger partial charge in [0.2, 0.25) is 5.91 Å². The number of alkyl halides is 1. The molecule has 0 saturated heterocycles. The number of hydrogen-bond donors (Lipinski definition) is 1. The summed E-state index contributed by atoms with van der Waals surface area (Å²) in [5, 5.41) is 3.20. The molecule has 0 aromatic rings. The summed E-state index contributed by atoms with van der Waals surface area (Å²) in [6.45, 7) is 0.686. The minimum atomic E-state index is -0.634. The molecule has 0 aromatic carbocycles. The lowest BCUT2D eigenvalue weighted by Crippen LogP contribution is -2.53. The summed E-state index contributed by atoms with van der Waals surface area (Å²) in [5.74, 6) is 2.92. The smallest absolute Gasteiger partial charge is 0.226 e. The molecule has 1 amide bonds. The third-order valence-corrected chi connectivity index (χ3v) is 7.14. The predicted molar refractivity (Wildman–Crippen MR) is 85.1 cm³/mol. The van der Waals surface area contributed by atoms with Crippen LogP contribution >= 0.6 is 0 Å². The largest absolute Gasteiger partial charge is 0.356 e. The molecule has 0 aromatic heterocycles. The molecule has 2 atom stereocenters. The van der Waals surface area contributed by atoms with E-state index in [4.69, 9.17) is 0 Å². The molecule has 5 fully saturated rings. The Hall–Kier alpha value is -0.600. The highest BCUT2D eigenvalue weighted by molar-refractivity contribution is 5.83. The first kappa shape index (κ1) is 15.0. The highest BCUT2D eigenvalue weighted by atomic mass is 19.1. The maximum Gasteiger partial charge on any atom is 0.226 e. The first-order chi connectivity index (χ1) is 10.6. The number of carbonyl (C=O) groups is 1. The Kier molecular flexibility index (Phi) is 3.94. The first-order valence-corrected chi connectivity index (χ1v) is 9.57. The minimum Gasteiger partial charge on any atom is -0.356 e. The van der Waals surface area contributed by atoms with Crippen LogP contribution in [0.4, 0.5) is 4.39 Å². The van der Waals surface area contributed by atoms with Crippen LogP contribution in [0.25, 0.3) is 0 Å². The molecule has 5 aliphatic rings. The van der Waals surface area contributed by atoms with E-state index in [9.17, 15) is 9.18 Å². The van der Waals surface area contributed by atoms with Crippen LogP contribution in [0.15, 0.2) is 0 Å². The van der Waals surface area contributed by atoms with Crippen molar-refractivity contribution in [3.63, 3.8) is 0 Å². The van der Waals surface area contributed by atoms with Gasteiger partial charge in [-0.3, -0.25) is 4.79 Å². The fourth-order valence-corrected chi connectivity index (χ4v) is 6.43. The quantitative estimate of drug-likeness (QED) is 0.827. The fourth-order valence-electron chi connectivity index (χ4n) is 6.43. The fraction of sp³-hybridized carbons (Fsp3) is 0.947. The summed E-state index contributed by atoms with van der Waals surface area (Å²) in [6.07, 6.45) is 11.6. The lowest BCUT2D eigenvalue weighted by Gasteiger charge is -2.55. The third kappa shape index (κ3) is 2.69. The zero-order valence-corrected chi connectivity index (χ0v) is 13.7. The SMILES string of the molecule is O=C(NCCC1CCCCC1F)C12CC3CC(CC(C3)C1)C2. The minimum absolute atomic E-state index is 0.0452. The van der Waals surface area contributed by atoms with E-state index in [1.807, 2.05) is 0 Å². The van der Waals surface area contributed by atoms with E-state index in [1.165, 1.54) is 19.3 Å². The van der Waals surface area contributed by atoms with Crippen LogP contribution in [0.5, 0.6) is 0 Å². The Labute approximate surface area is 133 Å². The highest BCUT2D eigenvalue weighted by Gasteiger charge is 2.54. The van der Waals surface area contributed by atoms with Gasteiger partial charge in [0.15, 0.2) is 0 Å². The van der Waals surface area contributed by atoms with Crippen molar-refractivity contribution in [1.29, 1.82) is 0 Å². The molecule has 5 saturated carbocycles. The average Bonchev–Trinajstić information content (AvgIpc) is 2.47. The van der Waals surface area contributed by atoms with Crippen LogP contribution in [0.1, 0.15) is 70.6 Å². The molecule has 3 heteroatoms. The molecule has 2 unspecified atom stereocenters. The maximum absolute atomic E-state index is 13.9. The van der Waals surface area contributed by atoms with Crippen LogP contribution in [-0.2, 0) is 4.79 Å². The van der Waals surface area contributed by atoms with Crippen molar-refractivity contribution in [3.05, 3.63) is 0 Å². The van der Waals surface area contributed by atoms with Gasteiger partial charge in [0, 0.05) is 12.0 Å². The van der Waals surface area contributed by atoms with E-state index >= 15 is 0 Å². The van der Waals surface area contributed by atoms with E-state index in [1.54, 1.807) is 0 Å². The summed E-state index contributed by atoms with van der Waals surface area (Å²) in [4.78, 5) is 12.8. The molecule has 0 heterocycles. The summed E-state index contributed by atoms with van der Waals surface area (Å²) >= 11 is 0. The zero-order chi connectivity index (χ0) is 15.2. The summed E-state index contributed by atoms with van der Waals surface area (Å²) < 4.78 is 13.9. The number of nitrogens with one attached hydrogen (secondary N) is 1. The van der Waals surface area contributed by atoms with E-state index in [0.29, 0.717) is 12.5 Å². The maximum atomic E-state index is 13.9. The van der Waals surface area contributed by atoms with Crippen molar-refractivity contribution >= 4 is 5.91 Å². The second-order valence-electron chi connectivity index (χ2n) is 8.80. The molecule has 124 valence electrons. The Morgan fingerprint density at radius 3 is 2.18 bits per heavy atom. The van der Waals surface area contributed by atoms with E-state index in [-0.39, 0.29) is 11.3 Å². The Morgan fingerprint density at radius 1 is 1.00 bits per heavy atom. The van der Waals surface area contributed by atoms with Gasteiger partial charge >= 0.3 is 0 Å². The van der Waals surface area contributed by atoms with Gasteiger partial charge in [-0.15, -0.1) is 0 Å². The van der Waals surface area contributed by atoms with Gasteiger partial charge in [-0.05, 0) is 81.5 Å². The monoisotopic (exact) mass is 307 g/mol. The van der Waals surface area contributed by atoms with Gasteiger partial charge in [-0.1, -0.05) is 12.8 Å². The van der Waals surface area contributed by atoms with Crippen molar-refractivity contribution in [2.45, 2.75) is 76.8 Å². The summed E-state index contributed by atoms with van der Waals surface area (Å²) in [6, 6.07) is 0. The van der Waals surface area contributed by atoms with Crippen LogP contribution in [0.2, 0.25) is 0 Å².